The summed E-state index contributed by atoms with van der Waals surface area (Å²) in [5.74, 6) is -16.7. The molecule has 7 aromatic carbocycles. The number of hydrogen-bond donors (Lipinski definition) is 26. The molecule has 13 bridgehead atoms. The molecule has 756 valence electrons. The van der Waals surface area contributed by atoms with Crippen LogP contribution in [0.4, 0.5) is 0 Å². The second-order valence-corrected chi connectivity index (χ2v) is 35.9. The highest BCUT2D eigenvalue weighted by molar-refractivity contribution is 6.32. The Labute approximate surface area is 810 Å². The number of halogens is 2. The van der Waals surface area contributed by atoms with Crippen LogP contribution in [0.3, 0.4) is 0 Å². The van der Waals surface area contributed by atoms with Gasteiger partial charge in [-0.05, 0) is 169 Å². The van der Waals surface area contributed by atoms with Crippen molar-refractivity contribution in [2.24, 2.45) is 17.4 Å². The number of phenolic OH excluding ortho intramolecular Hbond substituents is 4. The first-order chi connectivity index (χ1) is 66.9. The van der Waals surface area contributed by atoms with Gasteiger partial charge in [-0.3, -0.25) is 43.2 Å². The van der Waals surface area contributed by atoms with E-state index in [0.29, 0.717) is 38.3 Å². The normalized spacial score (nSPS) is 27.2. The van der Waals surface area contributed by atoms with Crippen molar-refractivity contribution in [1.82, 2.24) is 53.2 Å². The molecule has 0 radical (unpaired) electrons. The maximum atomic E-state index is 16.9. The molecule has 3 fully saturated rings. The largest absolute Gasteiger partial charge is 0.508 e. The second-order valence-electron chi connectivity index (χ2n) is 35.0. The maximum Gasteiger partial charge on any atom is 0.248 e. The number of phenols is 4. The fraction of sp³-hybridized carbons (Fsp3) is 0.457. The summed E-state index contributed by atoms with van der Waals surface area (Å²) < 4.78 is 57.6. The van der Waals surface area contributed by atoms with Gasteiger partial charge in [-0.15, -0.1) is 0 Å². The van der Waals surface area contributed by atoms with Gasteiger partial charge >= 0.3 is 0 Å². The summed E-state index contributed by atoms with van der Waals surface area (Å²) in [5.41, 5.74) is 10.6. The van der Waals surface area contributed by atoms with Crippen LogP contribution in [-0.4, -0.2) is 275 Å². The Morgan fingerprint density at radius 1 is 0.500 bits per heavy atom. The zero-order valence-electron chi connectivity index (χ0n) is 75.8. The van der Waals surface area contributed by atoms with E-state index in [-0.39, 0.29) is 76.0 Å². The average molecular weight is 1990 g/mol. The van der Waals surface area contributed by atoms with Crippen molar-refractivity contribution in [2.45, 2.75) is 219 Å². The Morgan fingerprint density at radius 3 is 1.70 bits per heavy atom. The summed E-state index contributed by atoms with van der Waals surface area (Å²) in [4.78, 5) is 140. The lowest BCUT2D eigenvalue weighted by atomic mass is 9.95. The molecule has 9 amide bonds. The molecule has 0 spiro atoms. The fourth-order valence-electron chi connectivity index (χ4n) is 16.7. The molecule has 0 saturated carbocycles. The topological polar surface area (TPSA) is 692 Å². The predicted molar refractivity (Wildman–Crippen MR) is 491 cm³/mol. The first-order valence-corrected chi connectivity index (χ1v) is 46.1. The zero-order chi connectivity index (χ0) is 101. The molecule has 0 aliphatic carbocycles. The van der Waals surface area contributed by atoms with Crippen molar-refractivity contribution in [3.8, 4) is 69.0 Å². The van der Waals surface area contributed by atoms with E-state index in [2.05, 4.69) is 67.0 Å². The molecular weight excluding hydrogens is 1880 g/mol. The number of hydrogen-bond acceptors (Lipinski definition) is 35. The molecule has 8 aliphatic heterocycles. The van der Waals surface area contributed by atoms with Crippen LogP contribution in [0, 0.1) is 5.92 Å². The first-order valence-electron chi connectivity index (χ1n) is 45.4. The number of fused-ring (bicyclic) bond motifs is 15. The molecule has 8 aliphatic rings. The number of carbonyl (C=O) groups excluding carboxylic acids is 9. The van der Waals surface area contributed by atoms with Crippen molar-refractivity contribution in [2.75, 3.05) is 46.0 Å². The fourth-order valence-corrected chi connectivity index (χ4v) is 17.2. The minimum Gasteiger partial charge on any atom is -0.508 e. The number of aromatic hydroxyl groups is 4. The third kappa shape index (κ3) is 25.6. The highest BCUT2D eigenvalue weighted by Crippen LogP contribution is 2.50. The number of nitrogens with one attached hydrogen (secondary N) is 10. The number of aliphatic hydroxyl groups excluding tert-OH is 10. The van der Waals surface area contributed by atoms with Gasteiger partial charge in [0, 0.05) is 38.4 Å². The van der Waals surface area contributed by atoms with Gasteiger partial charge in [0.2, 0.25) is 71.5 Å². The number of amides is 9. The van der Waals surface area contributed by atoms with E-state index < -0.39 is 288 Å². The van der Waals surface area contributed by atoms with Gasteiger partial charge in [-0.1, -0.05) is 93.1 Å². The summed E-state index contributed by atoms with van der Waals surface area (Å²) >= 11 is 14.8. The van der Waals surface area contributed by atoms with Crippen LogP contribution < -0.4 is 88.3 Å². The molecule has 46 heteroatoms. The Morgan fingerprint density at radius 2 is 1.06 bits per heavy atom. The molecule has 15 rings (SSSR count). The number of carbonyl (C=O) groups is 9. The number of aliphatic hydroxyl groups is 10. The van der Waals surface area contributed by atoms with Gasteiger partial charge in [0.1, 0.15) is 162 Å². The summed E-state index contributed by atoms with van der Waals surface area (Å²) in [7, 11) is 0. The van der Waals surface area contributed by atoms with Crippen molar-refractivity contribution >= 4 is 76.4 Å². The molecule has 140 heavy (non-hydrogen) atoms. The number of unbranched alkanes of at least 4 members (excludes halogenated alkanes) is 3. The van der Waals surface area contributed by atoms with Crippen molar-refractivity contribution in [3.05, 3.63) is 176 Å². The number of rotatable bonds is 30. The number of benzene rings is 7. The van der Waals surface area contributed by atoms with E-state index in [9.17, 15) is 85.9 Å². The highest BCUT2D eigenvalue weighted by atomic mass is 35.5. The van der Waals surface area contributed by atoms with Crippen LogP contribution in [0.15, 0.2) is 127 Å². The molecular formula is C94H114Cl2N12O32. The van der Waals surface area contributed by atoms with Crippen LogP contribution in [0.2, 0.25) is 10.0 Å². The number of nitrogens with two attached hydrogens (primary N) is 2. The molecule has 23 atom stereocenters. The lowest BCUT2D eigenvalue weighted by Gasteiger charge is -2.44. The Balaban J connectivity index is 1.04. The predicted octanol–water partition coefficient (Wildman–Crippen LogP) is 0.399. The zero-order valence-corrected chi connectivity index (χ0v) is 77.3. The molecule has 7 aromatic rings. The average Bonchev–Trinajstić information content (AvgIpc) is 0.764. The van der Waals surface area contributed by atoms with Gasteiger partial charge in [-0.2, -0.15) is 0 Å². The molecule has 28 N–H and O–H groups in total. The second kappa shape index (κ2) is 47.4. The summed E-state index contributed by atoms with van der Waals surface area (Å²) in [6.45, 7) is 3.07. The van der Waals surface area contributed by atoms with Crippen LogP contribution in [-0.2, 0) is 68.5 Å². The highest BCUT2D eigenvalue weighted by Gasteiger charge is 2.52. The Bertz CT molecular complexity index is 5600. The lowest BCUT2D eigenvalue weighted by molar-refractivity contribution is -0.284. The minimum atomic E-state index is -2.55. The van der Waals surface area contributed by atoms with E-state index in [4.69, 9.17) is 77.3 Å². The lowest BCUT2D eigenvalue weighted by Crippen LogP contribution is -2.65. The van der Waals surface area contributed by atoms with Gasteiger partial charge in [-0.25, -0.2) is 0 Å². The summed E-state index contributed by atoms with van der Waals surface area (Å²) in [6, 6.07) is 4.84. The van der Waals surface area contributed by atoms with Crippen LogP contribution in [0.25, 0.3) is 0 Å². The van der Waals surface area contributed by atoms with Gasteiger partial charge < -0.3 is 179 Å². The quantitative estimate of drug-likeness (QED) is 0.0271. The van der Waals surface area contributed by atoms with Gasteiger partial charge in [0.25, 0.3) is 0 Å². The van der Waals surface area contributed by atoms with Crippen LogP contribution in [0.5, 0.6) is 69.0 Å². The molecule has 44 nitrogen and oxygen atoms in total. The summed E-state index contributed by atoms with van der Waals surface area (Å²) in [6.07, 6.45) is -24.0. The molecule has 0 aromatic heterocycles. The van der Waals surface area contributed by atoms with Gasteiger partial charge in [0.15, 0.2) is 29.3 Å². The van der Waals surface area contributed by atoms with Crippen LogP contribution >= 0.6 is 23.2 Å². The van der Waals surface area contributed by atoms with Gasteiger partial charge in [0.05, 0.1) is 29.9 Å². The first kappa shape index (κ1) is 105. The smallest absolute Gasteiger partial charge is 0.248 e. The molecule has 3 saturated heterocycles. The van der Waals surface area contributed by atoms with E-state index in [1.165, 1.54) is 30.3 Å². The van der Waals surface area contributed by atoms with E-state index >= 15 is 28.8 Å². The maximum absolute atomic E-state index is 16.9. The monoisotopic (exact) mass is 1990 g/mol. The van der Waals surface area contributed by atoms with Crippen molar-refractivity contribution in [1.29, 1.82) is 0 Å². The standard InChI is InChI=1S/C94H114Cl2N12O32/c1-41(2)10-6-4-5-7-11-67(117)103-74-80(122)77(119)65(39-110)137-93(74)140-84-62-34-49-35-63(84)135-60-21-16-46(32-56(60)96)83(139-92-73(101-42(3)112)79(121)76(118)64(38-109)136-92)75(91(131)106-70(87(127)100-25-9-24-99-23-8-22-97)47-28-52(115)37-54(31-47)133-94-82(124)81(123)78(120)66(40-111)138-94)108-88(128)69(44-13-17-50(113)18-14-44)105-90(130)72(49)107-89(129)71-48-29-51(114)36-53(30-48)132-61-33-45(15-19-58(61)116)68(98)86(126)102-57(85(125)104-71)27-43-12-20-59(134-62)55(95)26-43/h12-21,26,28-37,41,57,64-66,68-83,92-94,99,109-111,113-116,118-124H,4-11,22-25,27,38-40,97-98H2,1-3H3,(H,100,127)(H,101,112)(H,102,126)(H,103,117)(H,104,125)(H,105,130)(H,106,131)(H,107,129)(H,108,128). The minimum absolute atomic E-state index is 0.0409. The third-order valence-corrected chi connectivity index (χ3v) is 24.8. The Kier molecular flexibility index (Phi) is 35.6. The Hall–Kier alpha value is -12.1. The van der Waals surface area contributed by atoms with Crippen molar-refractivity contribution in [3.63, 3.8) is 0 Å². The van der Waals surface area contributed by atoms with Crippen LogP contribution in [0.1, 0.15) is 147 Å². The third-order valence-electron chi connectivity index (χ3n) is 24.2. The van der Waals surface area contributed by atoms with Crippen molar-refractivity contribution < 1.29 is 157 Å². The van der Waals surface area contributed by atoms with E-state index in [1.54, 1.807) is 0 Å². The summed E-state index contributed by atoms with van der Waals surface area (Å²) in [5, 5.41) is 183. The SMILES string of the molecule is CC(=O)NC1C(OC2c3ccc(c(Cl)c3)Oc3cc4cc(c3OC3OC(CO)C(O)C(O)C3NC(=O)CCCCCCC(C)C)Oc3ccc(cc3Cl)CC3NC(=O)C(N)c5ccc(O)c(c5)Oc5cc(O)cc(c5)C(NC3=O)C(=O)NC4C(=O)NC(c3ccc(O)cc3)C(=O)NC2C(=O)NC(C(=O)NCCCNCCCN)c2cc(O)cc(OC3OC(CO)C(O)C(O)C3O)c2)OC(CO)C(O)C1O. The molecule has 23 unspecified atom stereocenters. The molecule has 8 heterocycles. The van der Waals surface area contributed by atoms with E-state index in [0.717, 1.165) is 123 Å². The number of ether oxygens (including phenoxy) is 9. The van der Waals surface area contributed by atoms with E-state index in [1.807, 2.05) is 0 Å².